The summed E-state index contributed by atoms with van der Waals surface area (Å²) in [6.45, 7) is 0.867. The monoisotopic (exact) mass is 474 g/mol. The Morgan fingerprint density at radius 3 is 2.71 bits per heavy atom. The van der Waals surface area contributed by atoms with Gasteiger partial charge < -0.3 is 20.1 Å². The molecule has 31 heavy (non-hydrogen) atoms. The molecule has 1 fully saturated rings. The summed E-state index contributed by atoms with van der Waals surface area (Å²) in [5.41, 5.74) is -0.816. The first-order valence-corrected chi connectivity index (χ1v) is 10.7. The minimum absolute atomic E-state index is 0.0463. The van der Waals surface area contributed by atoms with E-state index in [1.54, 1.807) is 0 Å². The van der Waals surface area contributed by atoms with Gasteiger partial charge in [0.1, 0.15) is 23.2 Å². The smallest absolute Gasteiger partial charge is 0.344 e. The summed E-state index contributed by atoms with van der Waals surface area (Å²) in [5.74, 6) is -3.61. The Morgan fingerprint density at radius 1 is 1.39 bits per heavy atom. The fourth-order valence-corrected chi connectivity index (χ4v) is 4.26. The molecule has 2 aromatic rings. The Bertz CT molecular complexity index is 951. The van der Waals surface area contributed by atoms with Crippen LogP contribution in [0.1, 0.15) is 35.2 Å². The van der Waals surface area contributed by atoms with Crippen molar-refractivity contribution in [2.75, 3.05) is 25.5 Å². The third-order valence-electron chi connectivity index (χ3n) is 5.00. The van der Waals surface area contributed by atoms with Crippen LogP contribution in [0, 0.1) is 11.6 Å². The van der Waals surface area contributed by atoms with Gasteiger partial charge in [-0.3, -0.25) is 5.32 Å². The first-order chi connectivity index (χ1) is 14.8. The van der Waals surface area contributed by atoms with Gasteiger partial charge in [0.05, 0.1) is 5.56 Å². The molecule has 0 bridgehead atoms. The highest BCUT2D eigenvalue weighted by atomic mass is 35.5. The molecule has 2 heterocycles. The Labute approximate surface area is 186 Å². The first kappa shape index (κ1) is 23.2. The van der Waals surface area contributed by atoms with Crippen molar-refractivity contribution in [3.05, 3.63) is 39.9 Å². The van der Waals surface area contributed by atoms with Gasteiger partial charge in [-0.25, -0.2) is 18.4 Å². The zero-order valence-corrected chi connectivity index (χ0v) is 18.2. The third kappa shape index (κ3) is 5.81. The highest BCUT2D eigenvalue weighted by Crippen LogP contribution is 2.31. The molecule has 2 amide bonds. The van der Waals surface area contributed by atoms with Crippen LogP contribution < -0.4 is 15.4 Å². The van der Waals surface area contributed by atoms with Gasteiger partial charge in [-0.05, 0) is 56.5 Å². The lowest BCUT2D eigenvalue weighted by atomic mass is 10.1. The molecule has 8 nitrogen and oxygen atoms in total. The molecule has 1 aromatic heterocycles. The Morgan fingerprint density at radius 2 is 2.10 bits per heavy atom. The van der Waals surface area contributed by atoms with Gasteiger partial charge >= 0.3 is 12.0 Å². The number of nitrogens with zero attached hydrogens (tertiary/aromatic N) is 2. The van der Waals surface area contributed by atoms with E-state index in [4.69, 9.17) is 16.3 Å². The van der Waals surface area contributed by atoms with Crippen molar-refractivity contribution in [2.24, 2.45) is 0 Å². The molecule has 12 heteroatoms. The number of halogens is 3. The number of benzene rings is 1. The zero-order valence-electron chi connectivity index (χ0n) is 16.6. The second-order valence-corrected chi connectivity index (χ2v) is 8.29. The normalized spacial score (nSPS) is 16.3. The number of likely N-dealkylation sites (tertiary alicyclic amines) is 1. The van der Waals surface area contributed by atoms with Gasteiger partial charge in [-0.1, -0.05) is 11.6 Å². The van der Waals surface area contributed by atoms with E-state index < -0.39 is 41.4 Å². The van der Waals surface area contributed by atoms with E-state index >= 15 is 0 Å². The number of ether oxygens (including phenoxy) is 1. The summed E-state index contributed by atoms with van der Waals surface area (Å²) >= 11 is 6.27. The van der Waals surface area contributed by atoms with Crippen LogP contribution in [0.25, 0.3) is 0 Å². The SMILES string of the molecule is CN1CCCC1CCNC(=O)Nc1snc(OCc2c(F)cc(Cl)cc2F)c1C(=O)O. The summed E-state index contributed by atoms with van der Waals surface area (Å²) in [7, 11) is 2.04. The van der Waals surface area contributed by atoms with Gasteiger partial charge in [0.2, 0.25) is 5.88 Å². The molecule has 1 aliphatic heterocycles. The molecule has 0 radical (unpaired) electrons. The number of rotatable bonds is 8. The van der Waals surface area contributed by atoms with Crippen LogP contribution in [0.3, 0.4) is 0 Å². The van der Waals surface area contributed by atoms with E-state index in [0.29, 0.717) is 24.1 Å². The number of carboxylic acids is 1. The molecular weight excluding hydrogens is 454 g/mol. The van der Waals surface area contributed by atoms with E-state index in [9.17, 15) is 23.5 Å². The van der Waals surface area contributed by atoms with E-state index in [1.165, 1.54) is 0 Å². The lowest BCUT2D eigenvalue weighted by molar-refractivity contribution is 0.0693. The number of nitrogens with one attached hydrogen (secondary N) is 2. The number of hydrogen-bond donors (Lipinski definition) is 3. The molecule has 1 atom stereocenters. The van der Waals surface area contributed by atoms with Gasteiger partial charge in [-0.15, -0.1) is 0 Å². The molecule has 168 valence electrons. The van der Waals surface area contributed by atoms with Crippen molar-refractivity contribution in [3.8, 4) is 5.88 Å². The Balaban J connectivity index is 1.61. The summed E-state index contributed by atoms with van der Waals surface area (Å²) in [6, 6.07) is 1.67. The maximum absolute atomic E-state index is 13.9. The summed E-state index contributed by atoms with van der Waals surface area (Å²) < 4.78 is 36.9. The van der Waals surface area contributed by atoms with Crippen LogP contribution in [0.4, 0.5) is 18.6 Å². The number of carboxylic acid groups (broad SMARTS) is 1. The van der Waals surface area contributed by atoms with Crippen LogP contribution in [0.2, 0.25) is 5.02 Å². The molecule has 0 aliphatic carbocycles. The standard InChI is InChI=1S/C19H21ClF2N4O4S/c1-26-6-2-3-11(26)4-5-23-19(29)24-17-15(18(27)28)16(25-31-17)30-9-12-13(21)7-10(20)8-14(12)22/h7-8,11H,2-6,9H2,1H3,(H,27,28)(H2,23,24,29). The second kappa shape index (κ2) is 10.2. The van der Waals surface area contributed by atoms with Crippen LogP contribution in [-0.2, 0) is 6.61 Å². The topological polar surface area (TPSA) is 104 Å². The van der Waals surface area contributed by atoms with Crippen molar-refractivity contribution in [1.82, 2.24) is 14.6 Å². The number of aromatic carboxylic acids is 1. The van der Waals surface area contributed by atoms with Gasteiger partial charge in [0.25, 0.3) is 0 Å². The maximum atomic E-state index is 13.9. The molecule has 1 unspecified atom stereocenters. The number of carbonyl (C=O) groups is 2. The zero-order chi connectivity index (χ0) is 22.5. The van der Waals surface area contributed by atoms with Crippen LogP contribution in [0.15, 0.2) is 12.1 Å². The second-order valence-electron chi connectivity index (χ2n) is 7.08. The summed E-state index contributed by atoms with van der Waals surface area (Å²) in [5, 5.41) is 14.5. The van der Waals surface area contributed by atoms with Crippen molar-refractivity contribution in [2.45, 2.75) is 31.9 Å². The lowest BCUT2D eigenvalue weighted by Crippen LogP contribution is -2.34. The molecule has 3 rings (SSSR count). The number of anilines is 1. The van der Waals surface area contributed by atoms with Crippen molar-refractivity contribution >= 4 is 40.1 Å². The number of hydrogen-bond acceptors (Lipinski definition) is 6. The number of urea groups is 1. The van der Waals surface area contributed by atoms with Crippen LogP contribution >= 0.6 is 23.1 Å². The Hall–Kier alpha value is -2.50. The highest BCUT2D eigenvalue weighted by molar-refractivity contribution is 7.11. The van der Waals surface area contributed by atoms with E-state index in [0.717, 1.165) is 37.9 Å². The molecule has 0 saturated carbocycles. The molecule has 1 saturated heterocycles. The van der Waals surface area contributed by atoms with Gasteiger partial charge in [0.15, 0.2) is 5.56 Å². The molecular formula is C19H21ClF2N4O4S. The first-order valence-electron chi connectivity index (χ1n) is 9.50. The molecule has 0 spiro atoms. The van der Waals surface area contributed by atoms with Crippen molar-refractivity contribution in [3.63, 3.8) is 0 Å². The predicted octanol–water partition coefficient (Wildman–Crippen LogP) is 3.96. The van der Waals surface area contributed by atoms with Crippen LogP contribution in [0.5, 0.6) is 5.88 Å². The molecule has 1 aliphatic rings. The lowest BCUT2D eigenvalue weighted by Gasteiger charge is -2.19. The summed E-state index contributed by atoms with van der Waals surface area (Å²) in [6.07, 6.45) is 2.99. The quantitative estimate of drug-likeness (QED) is 0.535. The largest absolute Gasteiger partial charge is 0.477 e. The van der Waals surface area contributed by atoms with Crippen molar-refractivity contribution in [1.29, 1.82) is 0 Å². The predicted molar refractivity (Wildman–Crippen MR) is 112 cm³/mol. The summed E-state index contributed by atoms with van der Waals surface area (Å²) in [4.78, 5) is 26.0. The van der Waals surface area contributed by atoms with E-state index in [2.05, 4.69) is 19.9 Å². The van der Waals surface area contributed by atoms with Crippen LogP contribution in [-0.4, -0.2) is 52.6 Å². The third-order valence-corrected chi connectivity index (χ3v) is 5.96. The number of aromatic nitrogens is 1. The maximum Gasteiger partial charge on any atom is 0.344 e. The average molecular weight is 475 g/mol. The highest BCUT2D eigenvalue weighted by Gasteiger charge is 2.25. The van der Waals surface area contributed by atoms with Gasteiger partial charge in [0, 0.05) is 17.6 Å². The number of carbonyl (C=O) groups excluding carboxylic acids is 1. The van der Waals surface area contributed by atoms with Crippen molar-refractivity contribution < 1.29 is 28.2 Å². The van der Waals surface area contributed by atoms with Gasteiger partial charge in [-0.2, -0.15) is 4.37 Å². The average Bonchev–Trinajstić information content (AvgIpc) is 3.27. The molecule has 3 N–H and O–H groups in total. The molecule has 1 aromatic carbocycles. The number of amides is 2. The Kier molecular flexibility index (Phi) is 7.63. The van der Waals surface area contributed by atoms with E-state index in [1.807, 2.05) is 7.05 Å². The fraction of sp³-hybridized carbons (Fsp3) is 0.421. The minimum atomic E-state index is -1.40. The van der Waals surface area contributed by atoms with E-state index in [-0.39, 0.29) is 15.9 Å². The minimum Gasteiger partial charge on any atom is -0.477 e. The fourth-order valence-electron chi connectivity index (χ4n) is 3.34.